The molecule has 0 bridgehead atoms. The van der Waals surface area contributed by atoms with E-state index in [1.54, 1.807) is 42.5 Å². The predicted octanol–water partition coefficient (Wildman–Crippen LogP) is 3.97. The van der Waals surface area contributed by atoms with E-state index < -0.39 is 11.8 Å². The number of anilines is 2. The van der Waals surface area contributed by atoms with Crippen LogP contribution in [0, 0.1) is 11.3 Å². The first-order chi connectivity index (χ1) is 11.5. The summed E-state index contributed by atoms with van der Waals surface area (Å²) < 4.78 is 0.741. The highest BCUT2D eigenvalue weighted by Crippen LogP contribution is 2.35. The molecule has 1 aliphatic rings. The first kappa shape index (κ1) is 16.2. The van der Waals surface area contributed by atoms with Gasteiger partial charge in [0.25, 0.3) is 11.8 Å². The molecule has 0 saturated heterocycles. The van der Waals surface area contributed by atoms with Crippen molar-refractivity contribution < 1.29 is 9.59 Å². The van der Waals surface area contributed by atoms with Crippen molar-refractivity contribution in [2.45, 2.75) is 0 Å². The van der Waals surface area contributed by atoms with Gasteiger partial charge in [-0.3, -0.25) is 9.59 Å². The summed E-state index contributed by atoms with van der Waals surface area (Å²) in [6.07, 6.45) is 0. The van der Waals surface area contributed by atoms with E-state index in [9.17, 15) is 14.9 Å². The van der Waals surface area contributed by atoms with Crippen LogP contribution in [0.15, 0.2) is 52.5 Å². The molecule has 0 fully saturated rings. The Balaban J connectivity index is 2.02. The van der Waals surface area contributed by atoms with Crippen LogP contribution in [0.25, 0.3) is 5.57 Å². The fraction of sp³-hybridized carbons (Fsp3) is 0. The molecule has 3 rings (SSSR count). The Kier molecular flexibility index (Phi) is 4.38. The first-order valence-electron chi connectivity index (χ1n) is 6.82. The number of nitrogens with one attached hydrogen (secondary N) is 2. The van der Waals surface area contributed by atoms with E-state index in [-0.39, 0.29) is 11.1 Å². The van der Waals surface area contributed by atoms with Crippen LogP contribution in [0.3, 0.4) is 0 Å². The van der Waals surface area contributed by atoms with Crippen molar-refractivity contribution in [3.8, 4) is 6.07 Å². The van der Waals surface area contributed by atoms with E-state index in [1.807, 2.05) is 6.07 Å². The Morgan fingerprint density at radius 3 is 2.58 bits per heavy atom. The van der Waals surface area contributed by atoms with Gasteiger partial charge < -0.3 is 10.6 Å². The zero-order valence-electron chi connectivity index (χ0n) is 12.1. The number of amides is 2. The number of halogens is 2. The van der Waals surface area contributed by atoms with E-state index >= 15 is 0 Å². The van der Waals surface area contributed by atoms with Gasteiger partial charge >= 0.3 is 0 Å². The molecule has 0 saturated carbocycles. The third-order valence-corrected chi connectivity index (χ3v) is 4.16. The van der Waals surface area contributed by atoms with Gasteiger partial charge in [-0.1, -0.05) is 27.5 Å². The molecule has 2 N–H and O–H groups in total. The van der Waals surface area contributed by atoms with Crippen molar-refractivity contribution in [3.05, 3.63) is 63.1 Å². The summed E-state index contributed by atoms with van der Waals surface area (Å²) in [7, 11) is 0. The molecule has 7 heteroatoms. The number of carbonyl (C=O) groups is 2. The third kappa shape index (κ3) is 3.04. The van der Waals surface area contributed by atoms with Gasteiger partial charge in [-0.2, -0.15) is 5.26 Å². The second-order valence-corrected chi connectivity index (χ2v) is 6.32. The maximum Gasteiger partial charge on any atom is 0.267 e. The summed E-state index contributed by atoms with van der Waals surface area (Å²) in [6, 6.07) is 13.4. The van der Waals surface area contributed by atoms with Crippen LogP contribution in [0.4, 0.5) is 11.4 Å². The molecule has 0 aromatic heterocycles. The molecule has 2 aromatic rings. The maximum absolute atomic E-state index is 12.4. The van der Waals surface area contributed by atoms with Crippen LogP contribution >= 0.6 is 27.5 Å². The summed E-state index contributed by atoms with van der Waals surface area (Å²) in [4.78, 5) is 24.7. The van der Waals surface area contributed by atoms with Gasteiger partial charge in [0.15, 0.2) is 0 Å². The number of nitrogens with zero attached hydrogens (tertiary/aromatic N) is 1. The Morgan fingerprint density at radius 1 is 1.21 bits per heavy atom. The summed E-state index contributed by atoms with van der Waals surface area (Å²) in [5.74, 6) is -1.14. The molecule has 1 aliphatic heterocycles. The number of fused-ring (bicyclic) bond motifs is 1. The highest BCUT2D eigenvalue weighted by Gasteiger charge is 2.30. The molecule has 0 radical (unpaired) electrons. The van der Waals surface area contributed by atoms with Crippen LogP contribution in [0.5, 0.6) is 0 Å². The monoisotopic (exact) mass is 401 g/mol. The Morgan fingerprint density at radius 2 is 1.92 bits per heavy atom. The van der Waals surface area contributed by atoms with Gasteiger partial charge in [0.2, 0.25) is 0 Å². The molecule has 2 amide bonds. The zero-order chi connectivity index (χ0) is 17.3. The topological polar surface area (TPSA) is 82.0 Å². The molecular weight excluding hydrogens is 394 g/mol. The predicted molar refractivity (Wildman–Crippen MR) is 95.4 cm³/mol. The van der Waals surface area contributed by atoms with E-state index in [1.165, 1.54) is 0 Å². The lowest BCUT2D eigenvalue weighted by molar-refractivity contribution is -0.113. The summed E-state index contributed by atoms with van der Waals surface area (Å²) >= 11 is 9.12. The van der Waals surface area contributed by atoms with Gasteiger partial charge in [-0.05, 0) is 42.5 Å². The van der Waals surface area contributed by atoms with E-state index in [0.717, 1.165) is 4.47 Å². The van der Waals surface area contributed by atoms with Crippen LogP contribution in [0.2, 0.25) is 5.02 Å². The smallest absolute Gasteiger partial charge is 0.267 e. The number of nitriles is 1. The van der Waals surface area contributed by atoms with E-state index in [2.05, 4.69) is 26.6 Å². The van der Waals surface area contributed by atoms with Crippen LogP contribution < -0.4 is 10.6 Å². The molecule has 2 aromatic carbocycles. The van der Waals surface area contributed by atoms with E-state index in [0.29, 0.717) is 22.0 Å². The van der Waals surface area contributed by atoms with Crippen molar-refractivity contribution in [1.29, 1.82) is 5.26 Å². The van der Waals surface area contributed by atoms with Gasteiger partial charge in [0, 0.05) is 26.4 Å². The van der Waals surface area contributed by atoms with Crippen molar-refractivity contribution in [1.82, 2.24) is 0 Å². The minimum atomic E-state index is -0.655. The molecule has 24 heavy (non-hydrogen) atoms. The fourth-order valence-corrected chi connectivity index (χ4v) is 2.82. The number of hydrogen-bond acceptors (Lipinski definition) is 3. The molecule has 0 aliphatic carbocycles. The molecule has 118 valence electrons. The van der Waals surface area contributed by atoms with Crippen LogP contribution in [0.1, 0.15) is 5.56 Å². The van der Waals surface area contributed by atoms with Gasteiger partial charge in [-0.25, -0.2) is 0 Å². The lowest BCUT2D eigenvalue weighted by Crippen LogP contribution is -2.17. The second kappa shape index (κ2) is 6.48. The lowest BCUT2D eigenvalue weighted by atomic mass is 10.0. The van der Waals surface area contributed by atoms with Crippen molar-refractivity contribution in [2.75, 3.05) is 10.6 Å². The molecule has 0 spiro atoms. The normalized spacial score (nSPS) is 14.5. The average Bonchev–Trinajstić information content (AvgIpc) is 2.86. The molecular formula is C17H9BrClN3O2. The Labute approximate surface area is 151 Å². The van der Waals surface area contributed by atoms with Crippen LogP contribution in [-0.2, 0) is 9.59 Å². The maximum atomic E-state index is 12.4. The van der Waals surface area contributed by atoms with Gasteiger partial charge in [0.05, 0.1) is 5.57 Å². The second-order valence-electron chi connectivity index (χ2n) is 4.97. The van der Waals surface area contributed by atoms with Gasteiger partial charge in [-0.15, -0.1) is 0 Å². The van der Waals surface area contributed by atoms with Crippen molar-refractivity contribution in [2.24, 2.45) is 0 Å². The summed E-state index contributed by atoms with van der Waals surface area (Å²) in [5, 5.41) is 15.2. The standard InChI is InChI=1S/C17H9BrClN3O2/c18-9-1-6-14-12(7-9)15(17(24)22-14)13(8-20)16(23)21-11-4-2-10(19)3-5-11/h1-7H,(H,21,23)(H,22,24)/b15-13-. The van der Waals surface area contributed by atoms with E-state index in [4.69, 9.17) is 11.6 Å². The SMILES string of the molecule is N#C/C(C(=O)Nc1ccc(Cl)cc1)=C1/C(=O)Nc2ccc(Br)cc21. The van der Waals surface area contributed by atoms with Gasteiger partial charge in [0.1, 0.15) is 11.6 Å². The zero-order valence-corrected chi connectivity index (χ0v) is 14.4. The third-order valence-electron chi connectivity index (χ3n) is 3.42. The summed E-state index contributed by atoms with van der Waals surface area (Å²) in [6.45, 7) is 0. The fourth-order valence-electron chi connectivity index (χ4n) is 2.33. The Bertz CT molecular complexity index is 930. The number of hydrogen-bond donors (Lipinski definition) is 2. The summed E-state index contributed by atoms with van der Waals surface area (Å²) in [5.41, 5.74) is 1.35. The first-order valence-corrected chi connectivity index (χ1v) is 7.99. The van der Waals surface area contributed by atoms with Crippen molar-refractivity contribution in [3.63, 3.8) is 0 Å². The van der Waals surface area contributed by atoms with Crippen LogP contribution in [-0.4, -0.2) is 11.8 Å². The number of rotatable bonds is 2. The molecule has 1 heterocycles. The molecule has 0 atom stereocenters. The minimum absolute atomic E-state index is 0.0558. The highest BCUT2D eigenvalue weighted by atomic mass is 79.9. The number of benzene rings is 2. The Hall–Kier alpha value is -2.62. The van der Waals surface area contributed by atoms with Crippen molar-refractivity contribution >= 4 is 56.3 Å². The number of carbonyl (C=O) groups excluding carboxylic acids is 2. The molecule has 0 unspecified atom stereocenters. The largest absolute Gasteiger partial charge is 0.321 e. The lowest BCUT2D eigenvalue weighted by Gasteiger charge is -2.06. The average molecular weight is 403 g/mol. The highest BCUT2D eigenvalue weighted by molar-refractivity contribution is 9.10. The quantitative estimate of drug-likeness (QED) is 0.589. The molecule has 5 nitrogen and oxygen atoms in total. The minimum Gasteiger partial charge on any atom is -0.321 e.